The summed E-state index contributed by atoms with van der Waals surface area (Å²) in [6.45, 7) is 4.55. The highest BCUT2D eigenvalue weighted by Gasteiger charge is 2.00. The molecule has 176 valence electrons. The summed E-state index contributed by atoms with van der Waals surface area (Å²) < 4.78 is 8.88. The number of hydrogen-bond donors (Lipinski definition) is 3. The molecule has 10 heteroatoms. The smallest absolute Gasteiger partial charge is 0.314 e. The minimum absolute atomic E-state index is 0.491. The zero-order valence-corrected chi connectivity index (χ0v) is 18.9. The molecule has 3 N–H and O–H groups in total. The lowest BCUT2D eigenvalue weighted by molar-refractivity contribution is -0.700. The van der Waals surface area contributed by atoms with Gasteiger partial charge in [0, 0.05) is 10.1 Å². The third-order valence-corrected chi connectivity index (χ3v) is 3.92. The van der Waals surface area contributed by atoms with Crippen molar-refractivity contribution in [2.45, 2.75) is 104 Å². The van der Waals surface area contributed by atoms with Gasteiger partial charge in [-0.25, -0.2) is 9.45 Å². The second-order valence-electron chi connectivity index (χ2n) is 6.70. The van der Waals surface area contributed by atoms with Gasteiger partial charge in [0.15, 0.2) is 0 Å². The van der Waals surface area contributed by atoms with Crippen LogP contribution in [0.15, 0.2) is 12.3 Å². The van der Waals surface area contributed by atoms with Crippen molar-refractivity contribution >= 4 is 7.82 Å². The maximum atomic E-state index is 8.88. The van der Waals surface area contributed by atoms with Crippen molar-refractivity contribution < 1.29 is 44.1 Å². The van der Waals surface area contributed by atoms with Crippen molar-refractivity contribution in [3.63, 3.8) is 0 Å². The van der Waals surface area contributed by atoms with E-state index in [2.05, 4.69) is 26.9 Å². The lowest BCUT2D eigenvalue weighted by atomic mass is 10.0. The first kappa shape index (κ1) is 30.7. The summed E-state index contributed by atoms with van der Waals surface area (Å²) in [6.07, 6.45) is 21.6. The first-order chi connectivity index (χ1) is 13.9. The molecule has 0 saturated carbocycles. The molecule has 29 heavy (non-hydrogen) atoms. The summed E-state index contributed by atoms with van der Waals surface area (Å²) in [7, 11) is -4.64. The lowest BCUT2D eigenvalue weighted by Crippen LogP contribution is -1.99. The summed E-state index contributed by atoms with van der Waals surface area (Å²) in [6, 6.07) is 0. The minimum Gasteiger partial charge on any atom is -0.314 e. The summed E-state index contributed by atoms with van der Waals surface area (Å²) >= 11 is 0. The van der Waals surface area contributed by atoms with E-state index < -0.39 is 7.82 Å². The maximum absolute atomic E-state index is 8.88. The standard InChI is InChI=1S/C19H38O5.H3O4P/c1-3-5-6-7-8-9-10-11-12-13-14-15-16-17-19-21-23-24-22-20-18-4-2;1-5(2,3)4/h4,18H,3,5-17,19H2,1-2H3;(H3,1,2,3,4). The Morgan fingerprint density at radius 2 is 1.10 bits per heavy atom. The van der Waals surface area contributed by atoms with Crippen molar-refractivity contribution in [2.24, 2.45) is 0 Å². The number of phosphoric acid groups is 1. The third-order valence-electron chi connectivity index (χ3n) is 3.92. The monoisotopic (exact) mass is 444 g/mol. The van der Waals surface area contributed by atoms with E-state index in [4.69, 9.17) is 24.1 Å². The van der Waals surface area contributed by atoms with Crippen LogP contribution in [0, 0.1) is 0 Å². The molecule has 0 heterocycles. The van der Waals surface area contributed by atoms with E-state index in [-0.39, 0.29) is 0 Å². The Kier molecular flexibility index (Phi) is 27.0. The lowest BCUT2D eigenvalue weighted by Gasteiger charge is -2.03. The van der Waals surface area contributed by atoms with Gasteiger partial charge in [-0.3, -0.25) is 0 Å². The highest BCUT2D eigenvalue weighted by atomic mass is 31.2. The van der Waals surface area contributed by atoms with Crippen molar-refractivity contribution in [1.29, 1.82) is 0 Å². The van der Waals surface area contributed by atoms with Crippen molar-refractivity contribution in [1.82, 2.24) is 0 Å². The van der Waals surface area contributed by atoms with Gasteiger partial charge in [0.05, 0.1) is 6.61 Å². The molecule has 0 aliphatic rings. The van der Waals surface area contributed by atoms with Crippen molar-refractivity contribution in [3.8, 4) is 0 Å². The largest absolute Gasteiger partial charge is 0.466 e. The Hall–Kier alpha value is -0.510. The molecule has 0 amide bonds. The number of allylic oxidation sites excluding steroid dienone is 1. The van der Waals surface area contributed by atoms with Crippen LogP contribution in [-0.2, 0) is 29.5 Å². The fourth-order valence-corrected chi connectivity index (χ4v) is 2.51. The molecule has 0 radical (unpaired) electrons. The van der Waals surface area contributed by atoms with Gasteiger partial charge >= 0.3 is 7.82 Å². The van der Waals surface area contributed by atoms with Gasteiger partial charge in [0.1, 0.15) is 6.26 Å². The van der Waals surface area contributed by atoms with Gasteiger partial charge in [-0.15, -0.1) is 0 Å². The summed E-state index contributed by atoms with van der Waals surface area (Å²) in [5.41, 5.74) is 0. The van der Waals surface area contributed by atoms with Crippen LogP contribution in [0.4, 0.5) is 0 Å². The molecule has 0 aromatic heterocycles. The Morgan fingerprint density at radius 3 is 1.52 bits per heavy atom. The van der Waals surface area contributed by atoms with Gasteiger partial charge in [0.2, 0.25) is 0 Å². The first-order valence-electron chi connectivity index (χ1n) is 10.6. The highest BCUT2D eigenvalue weighted by Crippen LogP contribution is 2.25. The fourth-order valence-electron chi connectivity index (χ4n) is 2.51. The zero-order valence-electron chi connectivity index (χ0n) is 18.0. The van der Waals surface area contributed by atoms with Gasteiger partial charge in [-0.1, -0.05) is 90.4 Å². The summed E-state index contributed by atoms with van der Waals surface area (Å²) in [4.78, 5) is 30.7. The first-order valence-corrected chi connectivity index (χ1v) is 12.2. The van der Waals surface area contributed by atoms with E-state index in [1.54, 1.807) is 13.0 Å². The Labute approximate surface area is 175 Å². The van der Waals surface area contributed by atoms with Gasteiger partial charge in [-0.05, 0) is 24.5 Å². The molecule has 9 nitrogen and oxygen atoms in total. The van der Waals surface area contributed by atoms with E-state index >= 15 is 0 Å². The molecule has 0 aromatic carbocycles. The fraction of sp³-hybridized carbons (Fsp3) is 0.895. The minimum atomic E-state index is -4.64. The molecule has 0 saturated heterocycles. The van der Waals surface area contributed by atoms with Crippen LogP contribution in [-0.4, -0.2) is 21.3 Å². The van der Waals surface area contributed by atoms with Crippen LogP contribution < -0.4 is 0 Å². The van der Waals surface area contributed by atoms with Crippen LogP contribution in [0.25, 0.3) is 0 Å². The molecule has 0 unspecified atom stereocenters. The van der Waals surface area contributed by atoms with E-state index in [0.717, 1.165) is 12.8 Å². The molecule has 0 atom stereocenters. The summed E-state index contributed by atoms with van der Waals surface area (Å²) in [5.74, 6) is 0. The van der Waals surface area contributed by atoms with Crippen molar-refractivity contribution in [2.75, 3.05) is 6.61 Å². The van der Waals surface area contributed by atoms with Crippen LogP contribution in [0.1, 0.15) is 104 Å². The molecular weight excluding hydrogens is 403 g/mol. The molecule has 0 spiro atoms. The average molecular weight is 445 g/mol. The van der Waals surface area contributed by atoms with Crippen LogP contribution in [0.5, 0.6) is 0 Å². The van der Waals surface area contributed by atoms with Gasteiger partial charge < -0.3 is 19.6 Å². The number of rotatable bonds is 20. The third kappa shape index (κ3) is 42.5. The van der Waals surface area contributed by atoms with Crippen LogP contribution in [0.2, 0.25) is 0 Å². The Balaban J connectivity index is 0. The maximum Gasteiger partial charge on any atom is 0.466 e. The van der Waals surface area contributed by atoms with Crippen LogP contribution in [0.3, 0.4) is 0 Å². The van der Waals surface area contributed by atoms with E-state index in [0.29, 0.717) is 6.61 Å². The summed E-state index contributed by atoms with van der Waals surface area (Å²) in [5, 5.41) is 12.6. The van der Waals surface area contributed by atoms with Gasteiger partial charge in [-0.2, -0.15) is 0 Å². The SMILES string of the molecule is CC=COOOOOCCCCCCCCCCCCCCCC.O=P(O)(O)O. The quantitative estimate of drug-likeness (QED) is 0.0701. The van der Waals surface area contributed by atoms with Gasteiger partial charge in [0.25, 0.3) is 0 Å². The van der Waals surface area contributed by atoms with E-state index in [1.807, 2.05) is 0 Å². The molecular formula is C19H41O9P. The molecule has 0 bridgehead atoms. The van der Waals surface area contributed by atoms with Crippen LogP contribution >= 0.6 is 7.82 Å². The van der Waals surface area contributed by atoms with E-state index in [1.165, 1.54) is 83.3 Å². The molecule has 0 aliphatic heterocycles. The Morgan fingerprint density at radius 1 is 0.690 bits per heavy atom. The molecule has 0 rings (SSSR count). The molecule has 0 aromatic rings. The number of unbranched alkanes of at least 4 members (excludes halogenated alkanes) is 13. The van der Waals surface area contributed by atoms with Crippen molar-refractivity contribution in [3.05, 3.63) is 12.3 Å². The highest BCUT2D eigenvalue weighted by molar-refractivity contribution is 7.45. The predicted molar refractivity (Wildman–Crippen MR) is 110 cm³/mol. The molecule has 0 aliphatic carbocycles. The topological polar surface area (TPSA) is 124 Å². The predicted octanol–water partition coefficient (Wildman–Crippen LogP) is 5.82. The Bertz CT molecular complexity index is 366. The second kappa shape index (κ2) is 25.5. The van der Waals surface area contributed by atoms with E-state index in [9.17, 15) is 0 Å². The zero-order chi connectivity index (χ0) is 22.1. The second-order valence-corrected chi connectivity index (χ2v) is 7.73. The molecule has 0 fully saturated rings. The normalized spacial score (nSPS) is 11.5. The average Bonchev–Trinajstić information content (AvgIpc) is 2.65. The number of hydrogen-bond acceptors (Lipinski definition) is 6.